The zero-order valence-electron chi connectivity index (χ0n) is 9.55. The summed E-state index contributed by atoms with van der Waals surface area (Å²) in [6.07, 6.45) is 4.92. The number of alkyl halides is 1. The first-order valence-corrected chi connectivity index (χ1v) is 5.96. The van der Waals surface area contributed by atoms with Crippen molar-refractivity contribution in [1.29, 1.82) is 0 Å². The van der Waals surface area contributed by atoms with Crippen molar-refractivity contribution in [3.63, 3.8) is 0 Å². The van der Waals surface area contributed by atoms with Gasteiger partial charge in [-0.05, 0) is 31.8 Å². The van der Waals surface area contributed by atoms with E-state index in [4.69, 9.17) is 0 Å². The minimum absolute atomic E-state index is 0.0291. The Kier molecular flexibility index (Phi) is 2.70. The highest BCUT2D eigenvalue weighted by Crippen LogP contribution is 2.48. The highest BCUT2D eigenvalue weighted by Gasteiger charge is 2.46. The van der Waals surface area contributed by atoms with E-state index in [1.54, 1.807) is 6.08 Å². The van der Waals surface area contributed by atoms with E-state index in [9.17, 15) is 9.18 Å². The first-order valence-electron chi connectivity index (χ1n) is 5.96. The molecule has 0 amide bonds. The summed E-state index contributed by atoms with van der Waals surface area (Å²) in [6.45, 7) is 4.07. The number of fused-ring (bicyclic) bond motifs is 2. The molecule has 2 aliphatic carbocycles. The summed E-state index contributed by atoms with van der Waals surface area (Å²) in [5.41, 5.74) is 0.803. The van der Waals surface area contributed by atoms with Gasteiger partial charge in [-0.25, -0.2) is 4.39 Å². The Bertz CT molecular complexity index is 308. The van der Waals surface area contributed by atoms with E-state index in [1.807, 2.05) is 6.92 Å². The molecule has 0 aliphatic heterocycles. The molecule has 2 rings (SSSR count). The van der Waals surface area contributed by atoms with Crippen LogP contribution in [0.3, 0.4) is 0 Å². The molecule has 0 radical (unpaired) electrons. The van der Waals surface area contributed by atoms with Gasteiger partial charge in [0.25, 0.3) is 0 Å². The molecule has 0 unspecified atom stereocenters. The van der Waals surface area contributed by atoms with Crippen LogP contribution >= 0.6 is 0 Å². The monoisotopic (exact) mass is 210 g/mol. The Morgan fingerprint density at radius 1 is 1.60 bits per heavy atom. The summed E-state index contributed by atoms with van der Waals surface area (Å²) in [4.78, 5) is 11.9. The number of hydrogen-bond acceptors (Lipinski definition) is 1. The maximum atomic E-state index is 13.8. The van der Waals surface area contributed by atoms with E-state index in [-0.39, 0.29) is 17.1 Å². The highest BCUT2D eigenvalue weighted by molar-refractivity contribution is 5.96. The molecule has 0 aromatic heterocycles. The number of hydrogen-bond donors (Lipinski definition) is 0. The smallest absolute Gasteiger partial charge is 0.161 e. The third-order valence-electron chi connectivity index (χ3n) is 4.01. The number of carbonyl (C=O) groups is 1. The van der Waals surface area contributed by atoms with Crippen LogP contribution in [0.25, 0.3) is 0 Å². The summed E-state index contributed by atoms with van der Waals surface area (Å²) in [5.74, 6) is 0.260. The van der Waals surface area contributed by atoms with Gasteiger partial charge < -0.3 is 0 Å². The standard InChI is InChI=1S/C13H19FO/c1-3-4-9-7-12(15)13(2)6-5-11(14)10(9)8-13/h7,10-11H,3-6,8H2,1-2H3/t10-,11+,13+/m1/s1. The van der Waals surface area contributed by atoms with Crippen LogP contribution in [0.15, 0.2) is 11.6 Å². The first kappa shape index (κ1) is 10.8. The normalized spacial score (nSPS) is 40.2. The van der Waals surface area contributed by atoms with E-state index in [0.717, 1.165) is 31.3 Å². The van der Waals surface area contributed by atoms with E-state index in [2.05, 4.69) is 6.92 Å². The largest absolute Gasteiger partial charge is 0.294 e. The maximum absolute atomic E-state index is 13.8. The van der Waals surface area contributed by atoms with Gasteiger partial charge in [0.2, 0.25) is 0 Å². The van der Waals surface area contributed by atoms with Gasteiger partial charge in [-0.3, -0.25) is 4.79 Å². The zero-order valence-corrected chi connectivity index (χ0v) is 9.55. The van der Waals surface area contributed by atoms with Gasteiger partial charge in [0, 0.05) is 11.3 Å². The quantitative estimate of drug-likeness (QED) is 0.682. The highest BCUT2D eigenvalue weighted by atomic mass is 19.1. The van der Waals surface area contributed by atoms with Crippen molar-refractivity contribution in [3.05, 3.63) is 11.6 Å². The first-order chi connectivity index (χ1) is 7.07. The number of ketones is 1. The SMILES string of the molecule is CCCC1=CC(=O)[C@@]2(C)CC[C@H](F)[C@@H]1C2. The Balaban J connectivity index is 2.30. The average molecular weight is 210 g/mol. The summed E-state index contributed by atoms with van der Waals surface area (Å²) in [5, 5.41) is 0. The van der Waals surface area contributed by atoms with Crippen LogP contribution in [0, 0.1) is 11.3 Å². The van der Waals surface area contributed by atoms with Gasteiger partial charge in [0.05, 0.1) is 0 Å². The fourth-order valence-corrected chi connectivity index (χ4v) is 2.96. The lowest BCUT2D eigenvalue weighted by Crippen LogP contribution is -2.42. The van der Waals surface area contributed by atoms with E-state index < -0.39 is 6.17 Å². The lowest BCUT2D eigenvalue weighted by molar-refractivity contribution is -0.127. The minimum atomic E-state index is -0.719. The van der Waals surface area contributed by atoms with E-state index in [1.165, 1.54) is 0 Å². The van der Waals surface area contributed by atoms with Crippen molar-refractivity contribution in [2.75, 3.05) is 0 Å². The molecule has 0 saturated heterocycles. The molecule has 84 valence electrons. The summed E-state index contributed by atoms with van der Waals surface area (Å²) >= 11 is 0. The molecule has 0 spiro atoms. The van der Waals surface area contributed by atoms with Crippen molar-refractivity contribution >= 4 is 5.78 Å². The molecule has 15 heavy (non-hydrogen) atoms. The van der Waals surface area contributed by atoms with Gasteiger partial charge >= 0.3 is 0 Å². The Morgan fingerprint density at radius 3 is 3.00 bits per heavy atom. The summed E-state index contributed by atoms with van der Waals surface area (Å²) in [6, 6.07) is 0. The van der Waals surface area contributed by atoms with Crippen molar-refractivity contribution in [2.45, 2.75) is 52.1 Å². The molecule has 2 aliphatic rings. The predicted octanol–water partition coefficient (Wildman–Crippen LogP) is 3.44. The van der Waals surface area contributed by atoms with Gasteiger partial charge in [0.1, 0.15) is 6.17 Å². The molecule has 0 aromatic carbocycles. The van der Waals surface area contributed by atoms with Crippen LogP contribution in [0.1, 0.15) is 46.0 Å². The third kappa shape index (κ3) is 1.75. The van der Waals surface area contributed by atoms with Crippen LogP contribution in [-0.4, -0.2) is 12.0 Å². The number of halogens is 1. The Hall–Kier alpha value is -0.660. The van der Waals surface area contributed by atoms with Crippen LogP contribution in [0.5, 0.6) is 0 Å². The van der Waals surface area contributed by atoms with Gasteiger partial charge in [0.15, 0.2) is 5.78 Å². The molecule has 1 fully saturated rings. The van der Waals surface area contributed by atoms with Crippen LogP contribution in [0.2, 0.25) is 0 Å². The molecule has 0 N–H and O–H groups in total. The molecule has 3 atom stereocenters. The Labute approximate surface area is 90.7 Å². The van der Waals surface area contributed by atoms with Gasteiger partial charge in [-0.2, -0.15) is 0 Å². The van der Waals surface area contributed by atoms with Crippen molar-refractivity contribution in [2.24, 2.45) is 11.3 Å². The van der Waals surface area contributed by atoms with Crippen molar-refractivity contribution in [3.8, 4) is 0 Å². The third-order valence-corrected chi connectivity index (χ3v) is 4.01. The second-order valence-electron chi connectivity index (χ2n) is 5.26. The minimum Gasteiger partial charge on any atom is -0.294 e. The molecule has 2 heteroatoms. The van der Waals surface area contributed by atoms with Crippen LogP contribution < -0.4 is 0 Å². The molecule has 0 aromatic rings. The van der Waals surface area contributed by atoms with Crippen molar-refractivity contribution < 1.29 is 9.18 Å². The molecule has 1 saturated carbocycles. The second kappa shape index (κ2) is 3.73. The Morgan fingerprint density at radius 2 is 2.33 bits per heavy atom. The molecule has 1 nitrogen and oxygen atoms in total. The lowest BCUT2D eigenvalue weighted by Gasteiger charge is -2.43. The maximum Gasteiger partial charge on any atom is 0.161 e. The fraction of sp³-hybridized carbons (Fsp3) is 0.769. The average Bonchev–Trinajstić information content (AvgIpc) is 2.20. The topological polar surface area (TPSA) is 17.1 Å². The molecule has 2 bridgehead atoms. The summed E-state index contributed by atoms with van der Waals surface area (Å²) < 4.78 is 13.8. The summed E-state index contributed by atoms with van der Waals surface area (Å²) in [7, 11) is 0. The van der Waals surface area contributed by atoms with Crippen LogP contribution in [-0.2, 0) is 4.79 Å². The van der Waals surface area contributed by atoms with Crippen molar-refractivity contribution in [1.82, 2.24) is 0 Å². The molecule has 0 heterocycles. The van der Waals surface area contributed by atoms with E-state index >= 15 is 0 Å². The molecular weight excluding hydrogens is 191 g/mol. The predicted molar refractivity (Wildman–Crippen MR) is 58.3 cm³/mol. The number of rotatable bonds is 2. The molecular formula is C13H19FO. The van der Waals surface area contributed by atoms with Crippen LogP contribution in [0.4, 0.5) is 4.39 Å². The number of carbonyl (C=O) groups excluding carboxylic acids is 1. The van der Waals surface area contributed by atoms with E-state index in [0.29, 0.717) is 6.42 Å². The fourth-order valence-electron chi connectivity index (χ4n) is 2.96. The lowest BCUT2D eigenvalue weighted by atomic mass is 9.61. The second-order valence-corrected chi connectivity index (χ2v) is 5.26. The number of allylic oxidation sites excluding steroid dienone is 2. The van der Waals surface area contributed by atoms with Gasteiger partial charge in [-0.1, -0.05) is 25.8 Å². The zero-order chi connectivity index (χ0) is 11.1. The van der Waals surface area contributed by atoms with Gasteiger partial charge in [-0.15, -0.1) is 0 Å².